The van der Waals surface area contributed by atoms with Crippen molar-refractivity contribution >= 4 is 5.91 Å². The molecule has 0 bridgehead atoms. The van der Waals surface area contributed by atoms with Gasteiger partial charge >= 0.3 is 6.18 Å². The maximum atomic E-state index is 12.7. The number of likely N-dealkylation sites (tertiary alicyclic amines) is 1. The van der Waals surface area contributed by atoms with Crippen molar-refractivity contribution < 1.29 is 18.0 Å². The van der Waals surface area contributed by atoms with E-state index in [0.29, 0.717) is 19.4 Å². The molecule has 6 heteroatoms. The van der Waals surface area contributed by atoms with Crippen molar-refractivity contribution in [3.8, 4) is 0 Å². The highest BCUT2D eigenvalue weighted by molar-refractivity contribution is 5.76. The van der Waals surface area contributed by atoms with Crippen molar-refractivity contribution in [2.24, 2.45) is 17.1 Å². The van der Waals surface area contributed by atoms with Gasteiger partial charge in [-0.1, -0.05) is 20.8 Å². The normalized spacial score (nSPS) is 22.8. The summed E-state index contributed by atoms with van der Waals surface area (Å²) in [6.07, 6.45) is -2.89. The minimum Gasteiger partial charge on any atom is -0.342 e. The minimum absolute atomic E-state index is 0.0100. The molecule has 0 aliphatic carbocycles. The summed E-state index contributed by atoms with van der Waals surface area (Å²) in [5.74, 6) is -1.64. The van der Waals surface area contributed by atoms with Gasteiger partial charge in [-0.05, 0) is 24.7 Å². The number of amides is 1. The smallest absolute Gasteiger partial charge is 0.342 e. The molecule has 0 spiro atoms. The molecule has 1 saturated heterocycles. The van der Waals surface area contributed by atoms with E-state index in [4.69, 9.17) is 5.73 Å². The van der Waals surface area contributed by atoms with Crippen LogP contribution in [0.1, 0.15) is 46.5 Å². The number of nitrogens with two attached hydrogens (primary N) is 1. The molecule has 1 amide bonds. The van der Waals surface area contributed by atoms with Crippen LogP contribution in [0.2, 0.25) is 0 Å². The predicted molar refractivity (Wildman–Crippen MR) is 72.0 cm³/mol. The zero-order valence-corrected chi connectivity index (χ0v) is 12.5. The van der Waals surface area contributed by atoms with E-state index in [2.05, 4.69) is 0 Å². The maximum Gasteiger partial charge on any atom is 0.393 e. The number of nitrogens with zero attached hydrogens (tertiary/aromatic N) is 1. The first-order valence-corrected chi connectivity index (χ1v) is 7.09. The number of alkyl halides is 3. The summed E-state index contributed by atoms with van der Waals surface area (Å²) in [7, 11) is 0. The second-order valence-electron chi connectivity index (χ2n) is 6.95. The van der Waals surface area contributed by atoms with Crippen molar-refractivity contribution in [1.82, 2.24) is 4.90 Å². The molecule has 0 aromatic carbocycles. The molecule has 2 atom stereocenters. The molecule has 2 unspecified atom stereocenters. The molecule has 3 nitrogen and oxygen atoms in total. The molecule has 0 radical (unpaired) electrons. The van der Waals surface area contributed by atoms with Gasteiger partial charge < -0.3 is 10.6 Å². The average molecular weight is 294 g/mol. The van der Waals surface area contributed by atoms with Crippen LogP contribution in [-0.4, -0.2) is 36.1 Å². The van der Waals surface area contributed by atoms with E-state index in [1.165, 1.54) is 4.90 Å². The molecular formula is C14H25F3N2O. The summed E-state index contributed by atoms with van der Waals surface area (Å²) in [5, 5.41) is 0. The van der Waals surface area contributed by atoms with Gasteiger partial charge in [-0.25, -0.2) is 0 Å². The van der Waals surface area contributed by atoms with E-state index in [-0.39, 0.29) is 36.8 Å². The van der Waals surface area contributed by atoms with Crippen molar-refractivity contribution in [3.63, 3.8) is 0 Å². The maximum absolute atomic E-state index is 12.7. The molecule has 2 N–H and O–H groups in total. The molecule has 0 aromatic heterocycles. The van der Waals surface area contributed by atoms with Crippen LogP contribution in [0.25, 0.3) is 0 Å². The molecule has 118 valence electrons. The summed E-state index contributed by atoms with van der Waals surface area (Å²) in [4.78, 5) is 13.4. The van der Waals surface area contributed by atoms with Gasteiger partial charge in [0.15, 0.2) is 0 Å². The fourth-order valence-electron chi connectivity index (χ4n) is 2.68. The van der Waals surface area contributed by atoms with Crippen LogP contribution in [0, 0.1) is 11.3 Å². The lowest BCUT2D eigenvalue weighted by Crippen LogP contribution is -2.46. The van der Waals surface area contributed by atoms with Crippen LogP contribution in [0.5, 0.6) is 0 Å². The molecular weight excluding hydrogens is 269 g/mol. The molecule has 1 aliphatic rings. The second-order valence-corrected chi connectivity index (χ2v) is 6.95. The Hall–Kier alpha value is -0.780. The highest BCUT2D eigenvalue weighted by atomic mass is 19.4. The minimum atomic E-state index is -4.22. The molecule has 1 heterocycles. The number of carbonyl (C=O) groups excluding carboxylic acids is 1. The summed E-state index contributed by atoms with van der Waals surface area (Å²) in [5.41, 5.74) is 5.93. The Kier molecular flexibility index (Phi) is 5.46. The Morgan fingerprint density at radius 1 is 1.35 bits per heavy atom. The van der Waals surface area contributed by atoms with Gasteiger partial charge in [-0.2, -0.15) is 13.2 Å². The Bertz CT molecular complexity index is 336. The zero-order valence-electron chi connectivity index (χ0n) is 12.5. The SMILES string of the molecule is CC(C)(C)CC(N)CC(=O)N1CCCC(C(F)(F)F)C1. The largest absolute Gasteiger partial charge is 0.393 e. The van der Waals surface area contributed by atoms with E-state index >= 15 is 0 Å². The number of piperidine rings is 1. The third-order valence-electron chi connectivity index (χ3n) is 3.55. The molecule has 1 aliphatic heterocycles. The lowest BCUT2D eigenvalue weighted by Gasteiger charge is -2.34. The first kappa shape index (κ1) is 17.3. The molecule has 1 fully saturated rings. The number of hydrogen-bond acceptors (Lipinski definition) is 2. The van der Waals surface area contributed by atoms with Crippen LogP contribution in [0.15, 0.2) is 0 Å². The number of halogens is 3. The highest BCUT2D eigenvalue weighted by Crippen LogP contribution is 2.33. The number of rotatable bonds is 3. The predicted octanol–water partition coefficient (Wildman–Crippen LogP) is 2.94. The monoisotopic (exact) mass is 294 g/mol. The second kappa shape index (κ2) is 6.33. The summed E-state index contributed by atoms with van der Waals surface area (Å²) < 4.78 is 38.1. The standard InChI is InChI=1S/C14H25F3N2O/c1-13(2,3)8-11(18)7-12(20)19-6-4-5-10(9-19)14(15,16)17/h10-11H,4-9,18H2,1-3H3. The first-order chi connectivity index (χ1) is 8.99. The Labute approximate surface area is 118 Å². The van der Waals surface area contributed by atoms with Gasteiger partial charge in [0.05, 0.1) is 5.92 Å². The van der Waals surface area contributed by atoms with Crippen LogP contribution in [0.4, 0.5) is 13.2 Å². The fourth-order valence-corrected chi connectivity index (χ4v) is 2.68. The third-order valence-corrected chi connectivity index (χ3v) is 3.55. The van der Waals surface area contributed by atoms with Gasteiger partial charge in [0.2, 0.25) is 5.91 Å². The van der Waals surface area contributed by atoms with Crippen LogP contribution in [-0.2, 0) is 4.79 Å². The van der Waals surface area contributed by atoms with E-state index in [1.54, 1.807) is 0 Å². The van der Waals surface area contributed by atoms with Crippen molar-refractivity contribution in [3.05, 3.63) is 0 Å². The van der Waals surface area contributed by atoms with Gasteiger partial charge in [-0.3, -0.25) is 4.79 Å². The Balaban J connectivity index is 2.51. The summed E-state index contributed by atoms with van der Waals surface area (Å²) >= 11 is 0. The molecule has 0 aromatic rings. The Morgan fingerprint density at radius 2 is 1.95 bits per heavy atom. The van der Waals surface area contributed by atoms with Gasteiger partial charge in [-0.15, -0.1) is 0 Å². The van der Waals surface area contributed by atoms with Crippen molar-refractivity contribution in [2.45, 2.75) is 58.7 Å². The lowest BCUT2D eigenvalue weighted by molar-refractivity contribution is -0.188. The topological polar surface area (TPSA) is 46.3 Å². The van der Waals surface area contributed by atoms with Gasteiger partial charge in [0.1, 0.15) is 0 Å². The van der Waals surface area contributed by atoms with Gasteiger partial charge in [0.25, 0.3) is 0 Å². The van der Waals surface area contributed by atoms with Gasteiger partial charge in [0, 0.05) is 25.6 Å². The number of hydrogen-bond donors (Lipinski definition) is 1. The van der Waals surface area contributed by atoms with Crippen LogP contribution >= 0.6 is 0 Å². The Morgan fingerprint density at radius 3 is 2.45 bits per heavy atom. The summed E-state index contributed by atoms with van der Waals surface area (Å²) in [6.45, 7) is 6.27. The average Bonchev–Trinajstić information content (AvgIpc) is 2.25. The quantitative estimate of drug-likeness (QED) is 0.870. The molecule has 20 heavy (non-hydrogen) atoms. The summed E-state index contributed by atoms with van der Waals surface area (Å²) in [6, 6.07) is -0.297. The zero-order chi connectivity index (χ0) is 15.6. The fraction of sp³-hybridized carbons (Fsp3) is 0.929. The molecule has 1 rings (SSSR count). The highest BCUT2D eigenvalue weighted by Gasteiger charge is 2.42. The number of carbonyl (C=O) groups is 1. The van der Waals surface area contributed by atoms with E-state index in [0.717, 1.165) is 0 Å². The van der Waals surface area contributed by atoms with E-state index < -0.39 is 12.1 Å². The first-order valence-electron chi connectivity index (χ1n) is 7.09. The lowest BCUT2D eigenvalue weighted by atomic mass is 9.87. The van der Waals surface area contributed by atoms with Crippen molar-refractivity contribution in [1.29, 1.82) is 0 Å². The van der Waals surface area contributed by atoms with E-state index in [1.807, 2.05) is 20.8 Å². The van der Waals surface area contributed by atoms with Crippen molar-refractivity contribution in [2.75, 3.05) is 13.1 Å². The van der Waals surface area contributed by atoms with Crippen LogP contribution in [0.3, 0.4) is 0 Å². The third kappa shape index (κ3) is 5.69. The van der Waals surface area contributed by atoms with E-state index in [9.17, 15) is 18.0 Å². The van der Waals surface area contributed by atoms with Crippen LogP contribution < -0.4 is 5.73 Å². The molecule has 0 saturated carbocycles.